The number of nitro groups is 1. The molecule has 1 aliphatic heterocycles. The zero-order chi connectivity index (χ0) is 20.1. The average Bonchev–Trinajstić information content (AvgIpc) is 2.75. The molecule has 0 atom stereocenters. The Bertz CT molecular complexity index is 993. The van der Waals surface area contributed by atoms with Gasteiger partial charge in [0.15, 0.2) is 0 Å². The van der Waals surface area contributed by atoms with E-state index in [9.17, 15) is 10.1 Å². The minimum Gasteiger partial charge on any atom is -0.338 e. The van der Waals surface area contributed by atoms with Crippen LogP contribution in [0, 0.1) is 10.1 Å². The second-order valence-electron chi connectivity index (χ2n) is 6.44. The van der Waals surface area contributed by atoms with Crippen molar-refractivity contribution in [2.45, 2.75) is 0 Å². The first-order valence-electron chi connectivity index (χ1n) is 9.23. The molecule has 0 bridgehead atoms. The number of aromatic nitrogens is 3. The molecular weight excluding hydrogens is 372 g/mol. The summed E-state index contributed by atoms with van der Waals surface area (Å²) >= 11 is 0. The molecule has 10 nitrogen and oxygen atoms in total. The number of nitro benzene ring substituents is 1. The number of hydrogen-bond donors (Lipinski definition) is 3. The van der Waals surface area contributed by atoms with Gasteiger partial charge in [0.1, 0.15) is 0 Å². The Morgan fingerprint density at radius 3 is 2.24 bits per heavy atom. The van der Waals surface area contributed by atoms with Crippen molar-refractivity contribution in [2.24, 2.45) is 0 Å². The van der Waals surface area contributed by atoms with Gasteiger partial charge in [-0.1, -0.05) is 24.3 Å². The van der Waals surface area contributed by atoms with Gasteiger partial charge in [0, 0.05) is 49.7 Å². The predicted octanol–water partition coefficient (Wildman–Crippen LogP) is 2.68. The SMILES string of the molecule is O=[N+]([O-])c1cccc(Nc2nc(Nc3ccccc3)nc(N3CCNCC3)n2)c1. The highest BCUT2D eigenvalue weighted by molar-refractivity contribution is 5.61. The van der Waals surface area contributed by atoms with Crippen LogP contribution >= 0.6 is 0 Å². The Labute approximate surface area is 167 Å². The van der Waals surface area contributed by atoms with Crippen LogP contribution < -0.4 is 20.9 Å². The Balaban J connectivity index is 1.65. The maximum Gasteiger partial charge on any atom is 0.271 e. The summed E-state index contributed by atoms with van der Waals surface area (Å²) in [5.41, 5.74) is 1.38. The van der Waals surface area contributed by atoms with Crippen LogP contribution in [0.5, 0.6) is 0 Å². The molecule has 2 aromatic carbocycles. The first kappa shape index (κ1) is 18.6. The summed E-state index contributed by atoms with van der Waals surface area (Å²) in [6, 6.07) is 15.8. The average molecular weight is 392 g/mol. The van der Waals surface area contributed by atoms with Gasteiger partial charge in [-0.2, -0.15) is 15.0 Å². The lowest BCUT2D eigenvalue weighted by Crippen LogP contribution is -2.44. The Morgan fingerprint density at radius 2 is 1.55 bits per heavy atom. The Kier molecular flexibility index (Phi) is 5.43. The van der Waals surface area contributed by atoms with Gasteiger partial charge in [0.25, 0.3) is 5.69 Å². The Hall–Kier alpha value is -3.79. The summed E-state index contributed by atoms with van der Waals surface area (Å²) in [5.74, 6) is 1.26. The van der Waals surface area contributed by atoms with Gasteiger partial charge < -0.3 is 20.9 Å². The highest BCUT2D eigenvalue weighted by atomic mass is 16.6. The monoisotopic (exact) mass is 392 g/mol. The van der Waals surface area contributed by atoms with Gasteiger partial charge in [-0.05, 0) is 18.2 Å². The highest BCUT2D eigenvalue weighted by Gasteiger charge is 2.17. The quantitative estimate of drug-likeness (QED) is 0.429. The summed E-state index contributed by atoms with van der Waals surface area (Å²) in [6.45, 7) is 3.26. The van der Waals surface area contributed by atoms with Crippen LogP contribution in [0.3, 0.4) is 0 Å². The minimum atomic E-state index is -0.437. The smallest absolute Gasteiger partial charge is 0.271 e. The molecular formula is C19H20N8O2. The largest absolute Gasteiger partial charge is 0.338 e. The van der Waals surface area contributed by atoms with Gasteiger partial charge in [-0.3, -0.25) is 10.1 Å². The van der Waals surface area contributed by atoms with Gasteiger partial charge in [0.2, 0.25) is 17.8 Å². The summed E-state index contributed by atoms with van der Waals surface area (Å²) in [6.07, 6.45) is 0. The van der Waals surface area contributed by atoms with E-state index in [0.29, 0.717) is 23.5 Å². The van der Waals surface area contributed by atoms with E-state index in [1.54, 1.807) is 12.1 Å². The summed E-state index contributed by atoms with van der Waals surface area (Å²) in [7, 11) is 0. The predicted molar refractivity (Wildman–Crippen MR) is 111 cm³/mol. The van der Waals surface area contributed by atoms with Gasteiger partial charge >= 0.3 is 0 Å². The van der Waals surface area contributed by atoms with Crippen molar-refractivity contribution in [1.29, 1.82) is 0 Å². The Morgan fingerprint density at radius 1 is 0.897 bits per heavy atom. The van der Waals surface area contributed by atoms with Crippen LogP contribution in [-0.4, -0.2) is 46.1 Å². The lowest BCUT2D eigenvalue weighted by atomic mass is 10.3. The number of anilines is 5. The minimum absolute atomic E-state index is 0.00554. The zero-order valence-electron chi connectivity index (χ0n) is 15.6. The molecule has 3 N–H and O–H groups in total. The van der Waals surface area contributed by atoms with E-state index in [0.717, 1.165) is 31.9 Å². The van der Waals surface area contributed by atoms with Crippen molar-refractivity contribution >= 4 is 34.9 Å². The van der Waals surface area contributed by atoms with Gasteiger partial charge in [-0.15, -0.1) is 0 Å². The molecule has 148 valence electrons. The normalized spacial score (nSPS) is 13.7. The number of non-ortho nitro benzene ring substituents is 1. The van der Waals surface area contributed by atoms with Crippen molar-refractivity contribution in [2.75, 3.05) is 41.7 Å². The molecule has 1 aliphatic rings. The first-order valence-corrected chi connectivity index (χ1v) is 9.23. The number of para-hydroxylation sites is 1. The van der Waals surface area contributed by atoms with Crippen molar-refractivity contribution < 1.29 is 4.92 Å². The standard InChI is InChI=1S/C19H20N8O2/c28-27(29)16-8-4-7-15(13-16)22-18-23-17(21-14-5-2-1-3-6-14)24-19(25-18)26-11-9-20-10-12-26/h1-8,13,20H,9-12H2,(H2,21,22,23,24,25). The third kappa shape index (κ3) is 4.74. The van der Waals surface area contributed by atoms with E-state index >= 15 is 0 Å². The van der Waals surface area contributed by atoms with E-state index in [-0.39, 0.29) is 5.69 Å². The van der Waals surface area contributed by atoms with Gasteiger partial charge in [-0.25, -0.2) is 0 Å². The molecule has 1 fully saturated rings. The molecule has 4 rings (SSSR count). The molecule has 0 saturated carbocycles. The lowest BCUT2D eigenvalue weighted by molar-refractivity contribution is -0.384. The first-order chi connectivity index (χ1) is 14.2. The molecule has 0 spiro atoms. The molecule has 0 radical (unpaired) electrons. The summed E-state index contributed by atoms with van der Waals surface area (Å²) in [4.78, 5) is 26.2. The second kappa shape index (κ2) is 8.48. The lowest BCUT2D eigenvalue weighted by Gasteiger charge is -2.27. The summed E-state index contributed by atoms with van der Waals surface area (Å²) in [5, 5.41) is 20.6. The number of hydrogen-bond acceptors (Lipinski definition) is 9. The fourth-order valence-corrected chi connectivity index (χ4v) is 2.96. The third-order valence-electron chi connectivity index (χ3n) is 4.37. The number of piperazine rings is 1. The van der Waals surface area contributed by atoms with Crippen LogP contribution in [0.1, 0.15) is 0 Å². The molecule has 29 heavy (non-hydrogen) atoms. The number of rotatable bonds is 6. The van der Waals surface area contributed by atoms with Crippen molar-refractivity contribution in [1.82, 2.24) is 20.3 Å². The van der Waals surface area contributed by atoms with E-state index in [1.807, 2.05) is 30.3 Å². The second-order valence-corrected chi connectivity index (χ2v) is 6.44. The summed E-state index contributed by atoms with van der Waals surface area (Å²) < 4.78 is 0. The van der Waals surface area contributed by atoms with Crippen molar-refractivity contribution in [3.05, 3.63) is 64.7 Å². The van der Waals surface area contributed by atoms with Crippen LogP contribution in [0.15, 0.2) is 54.6 Å². The number of nitrogens with one attached hydrogen (secondary N) is 3. The highest BCUT2D eigenvalue weighted by Crippen LogP contribution is 2.23. The molecule has 3 aromatic rings. The van der Waals surface area contributed by atoms with Gasteiger partial charge in [0.05, 0.1) is 4.92 Å². The van der Waals surface area contributed by atoms with Crippen LogP contribution in [0.2, 0.25) is 0 Å². The molecule has 1 saturated heterocycles. The van der Waals surface area contributed by atoms with E-state index in [1.165, 1.54) is 12.1 Å². The number of benzene rings is 2. The van der Waals surface area contributed by atoms with Crippen LogP contribution in [0.25, 0.3) is 0 Å². The maximum absolute atomic E-state index is 11.0. The molecule has 1 aromatic heterocycles. The van der Waals surface area contributed by atoms with Crippen molar-refractivity contribution in [3.8, 4) is 0 Å². The van der Waals surface area contributed by atoms with Crippen LogP contribution in [-0.2, 0) is 0 Å². The van der Waals surface area contributed by atoms with E-state index in [2.05, 4.69) is 35.8 Å². The third-order valence-corrected chi connectivity index (χ3v) is 4.37. The fourth-order valence-electron chi connectivity index (χ4n) is 2.96. The fraction of sp³-hybridized carbons (Fsp3) is 0.211. The number of nitrogens with zero attached hydrogens (tertiary/aromatic N) is 5. The molecule has 2 heterocycles. The van der Waals surface area contributed by atoms with E-state index in [4.69, 9.17) is 0 Å². The topological polar surface area (TPSA) is 121 Å². The molecule has 0 aliphatic carbocycles. The molecule has 0 unspecified atom stereocenters. The zero-order valence-corrected chi connectivity index (χ0v) is 15.6. The maximum atomic E-state index is 11.0. The van der Waals surface area contributed by atoms with Crippen molar-refractivity contribution in [3.63, 3.8) is 0 Å². The molecule has 0 amide bonds. The molecule has 10 heteroatoms. The van der Waals surface area contributed by atoms with Crippen LogP contribution in [0.4, 0.5) is 34.9 Å². The van der Waals surface area contributed by atoms with E-state index < -0.39 is 4.92 Å².